The summed E-state index contributed by atoms with van der Waals surface area (Å²) in [6.07, 6.45) is 1.58. The molecule has 0 aliphatic carbocycles. The van der Waals surface area contributed by atoms with Crippen molar-refractivity contribution >= 4 is 33.5 Å². The van der Waals surface area contributed by atoms with Crippen molar-refractivity contribution in [3.63, 3.8) is 0 Å². The van der Waals surface area contributed by atoms with Crippen LogP contribution in [0.2, 0.25) is 0 Å². The monoisotopic (exact) mass is 318 g/mol. The maximum atomic E-state index is 12.3. The summed E-state index contributed by atoms with van der Waals surface area (Å²) in [5.41, 5.74) is 2.19. The quantitative estimate of drug-likeness (QED) is 0.924. The van der Waals surface area contributed by atoms with Crippen LogP contribution >= 0.6 is 15.9 Å². The van der Waals surface area contributed by atoms with E-state index in [1.54, 1.807) is 18.1 Å². The number of rotatable bonds is 2. The number of anilines is 2. The summed E-state index contributed by atoms with van der Waals surface area (Å²) >= 11 is 3.38. The highest BCUT2D eigenvalue weighted by atomic mass is 79.9. The molecule has 2 heterocycles. The van der Waals surface area contributed by atoms with Crippen LogP contribution in [0.5, 0.6) is 0 Å². The number of carbonyl (C=O) groups excluding carboxylic acids is 1. The molecule has 5 nitrogen and oxygen atoms in total. The lowest BCUT2D eigenvalue weighted by atomic mass is 10.3. The Kier molecular flexibility index (Phi) is 2.94. The maximum absolute atomic E-state index is 12.3. The molecule has 3 rings (SSSR count). The smallest absolute Gasteiger partial charge is 0.262 e. The van der Waals surface area contributed by atoms with Gasteiger partial charge in [0.05, 0.1) is 17.8 Å². The summed E-state index contributed by atoms with van der Waals surface area (Å²) in [5.74, 6) is 0.476. The van der Waals surface area contributed by atoms with Crippen molar-refractivity contribution in [3.05, 3.63) is 46.2 Å². The highest BCUT2D eigenvalue weighted by Gasteiger charge is 2.30. The number of hydrogen-bond donors (Lipinski definition) is 1. The fraction of sp³-hybridized carbons (Fsp3) is 0.154. The van der Waals surface area contributed by atoms with E-state index in [0.29, 0.717) is 18.1 Å². The lowest BCUT2D eigenvalue weighted by Crippen LogP contribution is -2.22. The Morgan fingerprint density at radius 1 is 1.32 bits per heavy atom. The van der Waals surface area contributed by atoms with Crippen molar-refractivity contribution in [2.45, 2.75) is 6.54 Å². The Hall–Kier alpha value is -1.95. The molecule has 1 amide bonds. The SMILES string of the molecule is CNc1ncc2c(n1)CN(c1ccc(Br)cc1)C2=O. The van der Waals surface area contributed by atoms with Crippen molar-refractivity contribution in [2.75, 3.05) is 17.3 Å². The van der Waals surface area contributed by atoms with Gasteiger partial charge in [-0.2, -0.15) is 0 Å². The first-order valence-electron chi connectivity index (χ1n) is 5.80. The van der Waals surface area contributed by atoms with Crippen molar-refractivity contribution in [2.24, 2.45) is 0 Å². The van der Waals surface area contributed by atoms with E-state index >= 15 is 0 Å². The zero-order chi connectivity index (χ0) is 13.4. The summed E-state index contributed by atoms with van der Waals surface area (Å²) in [6.45, 7) is 0.479. The highest BCUT2D eigenvalue weighted by Crippen LogP contribution is 2.28. The molecular weight excluding hydrogens is 308 g/mol. The predicted octanol–water partition coefficient (Wildman–Crippen LogP) is 2.44. The molecule has 0 saturated carbocycles. The maximum Gasteiger partial charge on any atom is 0.262 e. The van der Waals surface area contributed by atoms with Crippen LogP contribution in [0.1, 0.15) is 16.1 Å². The second-order valence-electron chi connectivity index (χ2n) is 4.17. The Labute approximate surface area is 118 Å². The van der Waals surface area contributed by atoms with Gasteiger partial charge in [-0.05, 0) is 24.3 Å². The van der Waals surface area contributed by atoms with Gasteiger partial charge in [-0.3, -0.25) is 4.79 Å². The molecule has 6 heteroatoms. The largest absolute Gasteiger partial charge is 0.357 e. The number of nitrogens with one attached hydrogen (secondary N) is 1. The molecule has 1 N–H and O–H groups in total. The Balaban J connectivity index is 1.96. The van der Waals surface area contributed by atoms with Gasteiger partial charge in [-0.15, -0.1) is 0 Å². The van der Waals surface area contributed by atoms with Crippen LogP contribution < -0.4 is 10.2 Å². The topological polar surface area (TPSA) is 58.1 Å². The first-order valence-corrected chi connectivity index (χ1v) is 6.59. The first-order chi connectivity index (χ1) is 9.19. The Morgan fingerprint density at radius 3 is 2.74 bits per heavy atom. The molecule has 19 heavy (non-hydrogen) atoms. The third-order valence-corrected chi connectivity index (χ3v) is 3.54. The molecule has 0 saturated heterocycles. The minimum Gasteiger partial charge on any atom is -0.357 e. The van der Waals surface area contributed by atoms with Crippen molar-refractivity contribution in [1.82, 2.24) is 9.97 Å². The average molecular weight is 319 g/mol. The molecule has 0 fully saturated rings. The van der Waals surface area contributed by atoms with Gasteiger partial charge in [0, 0.05) is 23.4 Å². The zero-order valence-corrected chi connectivity index (χ0v) is 11.8. The van der Waals surface area contributed by atoms with Crippen LogP contribution in [0.15, 0.2) is 34.9 Å². The van der Waals surface area contributed by atoms with Crippen LogP contribution in [0, 0.1) is 0 Å². The van der Waals surface area contributed by atoms with Crippen molar-refractivity contribution in [1.29, 1.82) is 0 Å². The summed E-state index contributed by atoms with van der Waals surface area (Å²) < 4.78 is 0.984. The molecule has 0 bridgehead atoms. The number of nitrogens with zero attached hydrogens (tertiary/aromatic N) is 3. The molecule has 0 spiro atoms. The van der Waals surface area contributed by atoms with Gasteiger partial charge < -0.3 is 10.2 Å². The van der Waals surface area contributed by atoms with E-state index in [0.717, 1.165) is 15.9 Å². The van der Waals surface area contributed by atoms with Crippen LogP contribution in [-0.4, -0.2) is 22.9 Å². The van der Waals surface area contributed by atoms with Gasteiger partial charge in [0.1, 0.15) is 0 Å². The van der Waals surface area contributed by atoms with Crippen molar-refractivity contribution in [3.8, 4) is 0 Å². The summed E-state index contributed by atoms with van der Waals surface area (Å²) in [5, 5.41) is 2.88. The summed E-state index contributed by atoms with van der Waals surface area (Å²) in [4.78, 5) is 22.4. The number of fused-ring (bicyclic) bond motifs is 1. The third kappa shape index (κ3) is 2.08. The molecule has 1 aromatic heterocycles. The van der Waals surface area contributed by atoms with Gasteiger partial charge >= 0.3 is 0 Å². The fourth-order valence-corrected chi connectivity index (χ4v) is 2.30. The number of aromatic nitrogens is 2. The molecule has 2 aromatic rings. The fourth-order valence-electron chi connectivity index (χ4n) is 2.03. The lowest BCUT2D eigenvalue weighted by Gasteiger charge is -2.15. The molecule has 1 aliphatic rings. The molecule has 1 aromatic carbocycles. The second-order valence-corrected chi connectivity index (χ2v) is 5.09. The average Bonchev–Trinajstić information content (AvgIpc) is 2.76. The van der Waals surface area contributed by atoms with E-state index in [1.165, 1.54) is 0 Å². The van der Waals surface area contributed by atoms with Crippen LogP contribution in [0.4, 0.5) is 11.6 Å². The van der Waals surface area contributed by atoms with Crippen LogP contribution in [0.25, 0.3) is 0 Å². The molecule has 0 radical (unpaired) electrons. The van der Waals surface area contributed by atoms with Gasteiger partial charge in [-0.1, -0.05) is 15.9 Å². The van der Waals surface area contributed by atoms with E-state index in [1.807, 2.05) is 24.3 Å². The van der Waals surface area contributed by atoms with Gasteiger partial charge in [0.2, 0.25) is 5.95 Å². The van der Waals surface area contributed by atoms with Gasteiger partial charge in [-0.25, -0.2) is 9.97 Å². The minimum atomic E-state index is -0.0556. The number of hydrogen-bond acceptors (Lipinski definition) is 4. The zero-order valence-electron chi connectivity index (χ0n) is 10.2. The number of carbonyl (C=O) groups is 1. The molecule has 0 unspecified atom stereocenters. The van der Waals surface area contributed by atoms with E-state index in [4.69, 9.17) is 0 Å². The standard InChI is InChI=1S/C13H11BrN4O/c1-15-13-16-6-10-11(17-13)7-18(12(10)19)9-4-2-8(14)3-5-9/h2-6H,7H2,1H3,(H,15,16,17). The molecule has 1 aliphatic heterocycles. The molecule has 96 valence electrons. The first kappa shape index (κ1) is 12.1. The van der Waals surface area contributed by atoms with Crippen molar-refractivity contribution < 1.29 is 4.79 Å². The van der Waals surface area contributed by atoms with E-state index in [-0.39, 0.29) is 5.91 Å². The highest BCUT2D eigenvalue weighted by molar-refractivity contribution is 9.10. The third-order valence-electron chi connectivity index (χ3n) is 3.01. The minimum absolute atomic E-state index is 0.0556. The summed E-state index contributed by atoms with van der Waals surface area (Å²) in [6, 6.07) is 7.63. The predicted molar refractivity (Wildman–Crippen MR) is 76.2 cm³/mol. The van der Waals surface area contributed by atoms with E-state index in [2.05, 4.69) is 31.2 Å². The second kappa shape index (κ2) is 4.62. The van der Waals surface area contributed by atoms with Crippen LogP contribution in [0.3, 0.4) is 0 Å². The van der Waals surface area contributed by atoms with Crippen LogP contribution in [-0.2, 0) is 6.54 Å². The van der Waals surface area contributed by atoms with Gasteiger partial charge in [0.15, 0.2) is 0 Å². The number of halogens is 1. The molecule has 0 atom stereocenters. The normalized spacial score (nSPS) is 13.6. The summed E-state index contributed by atoms with van der Waals surface area (Å²) in [7, 11) is 1.75. The van der Waals surface area contributed by atoms with E-state index < -0.39 is 0 Å². The van der Waals surface area contributed by atoms with E-state index in [9.17, 15) is 4.79 Å². The number of amides is 1. The molecular formula is C13H11BrN4O. The Bertz CT molecular complexity index is 642. The number of benzene rings is 1. The lowest BCUT2D eigenvalue weighted by molar-refractivity contribution is 0.0996. The van der Waals surface area contributed by atoms with Gasteiger partial charge in [0.25, 0.3) is 5.91 Å². The Morgan fingerprint density at radius 2 is 2.05 bits per heavy atom.